The molecule has 0 bridgehead atoms. The minimum absolute atomic E-state index is 0.473. The SMILES string of the molecule is C=COc1ccc(C)nn1. The van der Waals surface area contributed by atoms with E-state index in [1.807, 2.05) is 13.0 Å². The minimum Gasteiger partial charge on any atom is -0.446 e. The largest absolute Gasteiger partial charge is 0.446 e. The van der Waals surface area contributed by atoms with Crippen molar-refractivity contribution in [3.8, 4) is 5.88 Å². The fourth-order valence-electron chi connectivity index (χ4n) is 0.535. The molecule has 0 aliphatic heterocycles. The first-order chi connectivity index (χ1) is 4.83. The van der Waals surface area contributed by atoms with Crippen molar-refractivity contribution in [2.45, 2.75) is 6.92 Å². The Morgan fingerprint density at radius 2 is 2.30 bits per heavy atom. The zero-order valence-electron chi connectivity index (χ0n) is 5.74. The second-order valence-electron chi connectivity index (χ2n) is 1.80. The molecule has 0 spiro atoms. The fraction of sp³-hybridized carbons (Fsp3) is 0.143. The first-order valence-electron chi connectivity index (χ1n) is 2.91. The van der Waals surface area contributed by atoms with Gasteiger partial charge in [0.15, 0.2) is 0 Å². The number of aryl methyl sites for hydroxylation is 1. The van der Waals surface area contributed by atoms with Gasteiger partial charge in [-0.1, -0.05) is 6.58 Å². The second-order valence-corrected chi connectivity index (χ2v) is 1.80. The van der Waals surface area contributed by atoms with Crippen LogP contribution < -0.4 is 4.74 Å². The lowest BCUT2D eigenvalue weighted by atomic mass is 10.4. The molecule has 0 aliphatic rings. The molecule has 0 unspecified atom stereocenters. The molecule has 0 aromatic carbocycles. The van der Waals surface area contributed by atoms with Crippen molar-refractivity contribution in [1.82, 2.24) is 10.2 Å². The van der Waals surface area contributed by atoms with Gasteiger partial charge < -0.3 is 4.74 Å². The number of nitrogens with zero attached hydrogens (tertiary/aromatic N) is 2. The number of ether oxygens (including phenoxy) is 1. The lowest BCUT2D eigenvalue weighted by Gasteiger charge is -1.95. The van der Waals surface area contributed by atoms with Crippen molar-refractivity contribution in [1.29, 1.82) is 0 Å². The predicted molar refractivity (Wildman–Crippen MR) is 37.6 cm³/mol. The summed E-state index contributed by atoms with van der Waals surface area (Å²) in [5.41, 5.74) is 0.872. The van der Waals surface area contributed by atoms with E-state index in [0.717, 1.165) is 5.69 Å². The number of rotatable bonds is 2. The summed E-state index contributed by atoms with van der Waals surface area (Å²) in [6, 6.07) is 3.57. The van der Waals surface area contributed by atoms with Crippen molar-refractivity contribution in [2.75, 3.05) is 0 Å². The fourth-order valence-corrected chi connectivity index (χ4v) is 0.535. The van der Waals surface area contributed by atoms with Crippen LogP contribution in [0.4, 0.5) is 0 Å². The number of hydrogen-bond acceptors (Lipinski definition) is 3. The van der Waals surface area contributed by atoms with Gasteiger partial charge in [-0.25, -0.2) is 0 Å². The van der Waals surface area contributed by atoms with Gasteiger partial charge in [0.1, 0.15) is 0 Å². The first-order valence-corrected chi connectivity index (χ1v) is 2.91. The highest BCUT2D eigenvalue weighted by Gasteiger charge is 1.90. The van der Waals surface area contributed by atoms with Crippen molar-refractivity contribution in [3.05, 3.63) is 30.7 Å². The van der Waals surface area contributed by atoms with Crippen LogP contribution in [-0.4, -0.2) is 10.2 Å². The van der Waals surface area contributed by atoms with Gasteiger partial charge in [0.2, 0.25) is 5.88 Å². The van der Waals surface area contributed by atoms with Gasteiger partial charge in [-0.2, -0.15) is 5.10 Å². The Morgan fingerprint density at radius 3 is 2.80 bits per heavy atom. The molecule has 3 nitrogen and oxygen atoms in total. The van der Waals surface area contributed by atoms with Gasteiger partial charge in [0, 0.05) is 6.07 Å². The number of hydrogen-bond donors (Lipinski definition) is 0. The second kappa shape index (κ2) is 2.96. The molecule has 0 amide bonds. The maximum absolute atomic E-state index is 4.85. The predicted octanol–water partition coefficient (Wildman–Crippen LogP) is 1.31. The maximum Gasteiger partial charge on any atom is 0.238 e. The molecule has 0 saturated carbocycles. The Bertz CT molecular complexity index is 218. The smallest absolute Gasteiger partial charge is 0.238 e. The molecule has 0 fully saturated rings. The highest BCUT2D eigenvalue weighted by atomic mass is 16.5. The van der Waals surface area contributed by atoms with Crippen molar-refractivity contribution >= 4 is 0 Å². The molecular weight excluding hydrogens is 128 g/mol. The third kappa shape index (κ3) is 1.55. The molecular formula is C7H8N2O. The van der Waals surface area contributed by atoms with Crippen LogP contribution in [0.1, 0.15) is 5.69 Å². The molecule has 3 heteroatoms. The molecule has 0 radical (unpaired) electrons. The van der Waals surface area contributed by atoms with Crippen molar-refractivity contribution < 1.29 is 4.74 Å². The molecule has 0 atom stereocenters. The topological polar surface area (TPSA) is 35.0 Å². The Morgan fingerprint density at radius 1 is 1.50 bits per heavy atom. The summed E-state index contributed by atoms with van der Waals surface area (Å²) in [6.45, 7) is 5.25. The standard InChI is InChI=1S/C7H8N2O/c1-3-10-7-5-4-6(2)8-9-7/h3-5H,1H2,2H3. The molecule has 1 rings (SSSR count). The summed E-state index contributed by atoms with van der Waals surface area (Å²) in [5, 5.41) is 7.50. The minimum atomic E-state index is 0.473. The van der Waals surface area contributed by atoms with Gasteiger partial charge in [-0.15, -0.1) is 5.10 Å². The summed E-state index contributed by atoms with van der Waals surface area (Å²) >= 11 is 0. The van der Waals surface area contributed by atoms with Crippen LogP contribution in [0.25, 0.3) is 0 Å². The lowest BCUT2D eigenvalue weighted by Crippen LogP contribution is -1.89. The molecule has 0 N–H and O–H groups in total. The number of aromatic nitrogens is 2. The van der Waals surface area contributed by atoms with Crippen LogP contribution in [0.3, 0.4) is 0 Å². The van der Waals surface area contributed by atoms with E-state index in [-0.39, 0.29) is 0 Å². The lowest BCUT2D eigenvalue weighted by molar-refractivity contribution is 0.454. The van der Waals surface area contributed by atoms with Crippen LogP contribution in [0, 0.1) is 6.92 Å². The van der Waals surface area contributed by atoms with Crippen LogP contribution in [0.15, 0.2) is 25.0 Å². The zero-order chi connectivity index (χ0) is 7.40. The van der Waals surface area contributed by atoms with Crippen LogP contribution >= 0.6 is 0 Å². The Labute approximate surface area is 59.4 Å². The van der Waals surface area contributed by atoms with Crippen LogP contribution in [0.2, 0.25) is 0 Å². The van der Waals surface area contributed by atoms with E-state index < -0.39 is 0 Å². The summed E-state index contributed by atoms with van der Waals surface area (Å²) in [6.07, 6.45) is 1.32. The first kappa shape index (κ1) is 6.74. The summed E-state index contributed by atoms with van der Waals surface area (Å²) in [7, 11) is 0. The summed E-state index contributed by atoms with van der Waals surface area (Å²) in [4.78, 5) is 0. The van der Waals surface area contributed by atoms with E-state index in [1.165, 1.54) is 6.26 Å². The van der Waals surface area contributed by atoms with Crippen molar-refractivity contribution in [2.24, 2.45) is 0 Å². The molecule has 10 heavy (non-hydrogen) atoms. The third-order valence-corrected chi connectivity index (χ3v) is 0.977. The summed E-state index contributed by atoms with van der Waals surface area (Å²) in [5.74, 6) is 0.473. The maximum atomic E-state index is 4.85. The normalized spacial score (nSPS) is 8.90. The van der Waals surface area contributed by atoms with E-state index in [2.05, 4.69) is 16.8 Å². The molecule has 0 aliphatic carbocycles. The van der Waals surface area contributed by atoms with E-state index in [4.69, 9.17) is 4.74 Å². The van der Waals surface area contributed by atoms with Gasteiger partial charge >= 0.3 is 0 Å². The summed E-state index contributed by atoms with van der Waals surface area (Å²) < 4.78 is 4.85. The van der Waals surface area contributed by atoms with Gasteiger partial charge in [0.05, 0.1) is 12.0 Å². The van der Waals surface area contributed by atoms with E-state index in [9.17, 15) is 0 Å². The Hall–Kier alpha value is -1.38. The van der Waals surface area contributed by atoms with Crippen LogP contribution in [0.5, 0.6) is 5.88 Å². The van der Waals surface area contributed by atoms with Crippen LogP contribution in [-0.2, 0) is 0 Å². The molecule has 0 saturated heterocycles. The molecule has 1 aromatic rings. The van der Waals surface area contributed by atoms with E-state index in [0.29, 0.717) is 5.88 Å². The van der Waals surface area contributed by atoms with E-state index >= 15 is 0 Å². The average Bonchev–Trinajstić information content (AvgIpc) is 1.95. The Balaban J connectivity index is 2.78. The van der Waals surface area contributed by atoms with Gasteiger partial charge in [0.25, 0.3) is 0 Å². The highest BCUT2D eigenvalue weighted by molar-refractivity contribution is 5.10. The Kier molecular flexibility index (Phi) is 1.99. The quantitative estimate of drug-likeness (QED) is 0.575. The van der Waals surface area contributed by atoms with Gasteiger partial charge in [-0.05, 0) is 13.0 Å². The molecule has 1 aromatic heterocycles. The van der Waals surface area contributed by atoms with Gasteiger partial charge in [-0.3, -0.25) is 0 Å². The van der Waals surface area contributed by atoms with E-state index in [1.54, 1.807) is 6.07 Å². The average molecular weight is 136 g/mol. The zero-order valence-corrected chi connectivity index (χ0v) is 5.74. The molecule has 1 heterocycles. The highest BCUT2D eigenvalue weighted by Crippen LogP contribution is 2.02. The third-order valence-electron chi connectivity index (χ3n) is 0.977. The van der Waals surface area contributed by atoms with Crippen molar-refractivity contribution in [3.63, 3.8) is 0 Å². The molecule has 52 valence electrons. The monoisotopic (exact) mass is 136 g/mol.